The summed E-state index contributed by atoms with van der Waals surface area (Å²) in [6.45, 7) is 2.88. The lowest BCUT2D eigenvalue weighted by molar-refractivity contribution is 0.173. The van der Waals surface area contributed by atoms with Crippen LogP contribution in [0.25, 0.3) is 0 Å². The predicted molar refractivity (Wildman–Crippen MR) is 77.9 cm³/mol. The molecule has 1 aromatic heterocycles. The number of aliphatic hydroxyl groups is 1. The summed E-state index contributed by atoms with van der Waals surface area (Å²) < 4.78 is 7.20. The van der Waals surface area contributed by atoms with E-state index in [9.17, 15) is 9.90 Å². The molecule has 0 bridgehead atoms. The third-order valence-electron chi connectivity index (χ3n) is 3.15. The van der Waals surface area contributed by atoms with Crippen molar-refractivity contribution in [2.45, 2.75) is 26.0 Å². The molecule has 2 rings (SSSR count). The van der Waals surface area contributed by atoms with Crippen molar-refractivity contribution in [1.29, 1.82) is 0 Å². The molecule has 0 aliphatic heterocycles. The molecule has 0 saturated heterocycles. The van der Waals surface area contributed by atoms with E-state index >= 15 is 0 Å². The Kier molecular flexibility index (Phi) is 4.96. The topological polar surface area (TPSA) is 51.5 Å². The fourth-order valence-electron chi connectivity index (χ4n) is 1.93. The highest BCUT2D eigenvalue weighted by atomic mass is 16.5. The maximum atomic E-state index is 11.5. The first kappa shape index (κ1) is 14.3. The molecule has 0 unspecified atom stereocenters. The van der Waals surface area contributed by atoms with Gasteiger partial charge in [-0.15, -0.1) is 0 Å². The molecule has 0 amide bonds. The second-order valence-corrected chi connectivity index (χ2v) is 4.57. The molecule has 1 atom stereocenters. The van der Waals surface area contributed by atoms with E-state index in [-0.39, 0.29) is 5.56 Å². The second-order valence-electron chi connectivity index (χ2n) is 4.57. The van der Waals surface area contributed by atoms with E-state index in [4.69, 9.17) is 4.74 Å². The standard InChI is InChI=1S/C16H19NO3/c1-2-15(18)13-6-8-14(9-7-13)20-12-11-17-10-4-3-5-16(17)19/h3-10,15,18H,2,11-12H2,1H3/t15-/m0/s1. The molecule has 0 aliphatic carbocycles. The average Bonchev–Trinajstić information content (AvgIpc) is 2.49. The molecule has 2 aromatic rings. The highest BCUT2D eigenvalue weighted by Crippen LogP contribution is 2.19. The van der Waals surface area contributed by atoms with Crippen molar-refractivity contribution in [2.24, 2.45) is 0 Å². The number of hydrogen-bond acceptors (Lipinski definition) is 3. The Morgan fingerprint density at radius 3 is 2.60 bits per heavy atom. The predicted octanol–water partition coefficient (Wildman–Crippen LogP) is 2.37. The molecular weight excluding hydrogens is 254 g/mol. The number of aromatic nitrogens is 1. The van der Waals surface area contributed by atoms with E-state index < -0.39 is 6.10 Å². The SMILES string of the molecule is CC[C@H](O)c1ccc(OCCn2ccccc2=O)cc1. The van der Waals surface area contributed by atoms with Crippen molar-refractivity contribution in [3.05, 3.63) is 64.6 Å². The van der Waals surface area contributed by atoms with Crippen LogP contribution in [-0.2, 0) is 6.54 Å². The summed E-state index contributed by atoms with van der Waals surface area (Å²) in [5.74, 6) is 0.737. The summed E-state index contributed by atoms with van der Waals surface area (Å²) in [5.41, 5.74) is 0.858. The second kappa shape index (κ2) is 6.91. The van der Waals surface area contributed by atoms with Crippen molar-refractivity contribution >= 4 is 0 Å². The van der Waals surface area contributed by atoms with Crippen LogP contribution < -0.4 is 10.3 Å². The number of benzene rings is 1. The van der Waals surface area contributed by atoms with Gasteiger partial charge in [0.15, 0.2) is 0 Å². The minimum atomic E-state index is -0.424. The van der Waals surface area contributed by atoms with Crippen LogP contribution in [0, 0.1) is 0 Å². The molecule has 0 fully saturated rings. The molecule has 0 saturated carbocycles. The summed E-state index contributed by atoms with van der Waals surface area (Å²) in [6.07, 6.45) is 2.01. The monoisotopic (exact) mass is 273 g/mol. The zero-order chi connectivity index (χ0) is 14.4. The highest BCUT2D eigenvalue weighted by molar-refractivity contribution is 5.28. The van der Waals surface area contributed by atoms with E-state index in [2.05, 4.69) is 0 Å². The number of rotatable bonds is 6. The van der Waals surface area contributed by atoms with Gasteiger partial charge in [-0.2, -0.15) is 0 Å². The number of hydrogen-bond donors (Lipinski definition) is 1. The minimum absolute atomic E-state index is 0.0301. The Morgan fingerprint density at radius 1 is 1.20 bits per heavy atom. The van der Waals surface area contributed by atoms with E-state index in [1.165, 1.54) is 6.07 Å². The lowest BCUT2D eigenvalue weighted by atomic mass is 10.1. The minimum Gasteiger partial charge on any atom is -0.492 e. The van der Waals surface area contributed by atoms with Crippen molar-refractivity contribution in [1.82, 2.24) is 4.57 Å². The normalized spacial score (nSPS) is 12.1. The maximum absolute atomic E-state index is 11.5. The first-order valence-corrected chi connectivity index (χ1v) is 6.77. The smallest absolute Gasteiger partial charge is 0.250 e. The van der Waals surface area contributed by atoms with Gasteiger partial charge in [0.2, 0.25) is 0 Å². The third kappa shape index (κ3) is 3.71. The Labute approximate surface area is 118 Å². The van der Waals surface area contributed by atoms with Crippen molar-refractivity contribution < 1.29 is 9.84 Å². The van der Waals surface area contributed by atoms with Crippen molar-refractivity contribution in [2.75, 3.05) is 6.61 Å². The molecular formula is C16H19NO3. The Balaban J connectivity index is 1.88. The first-order chi connectivity index (χ1) is 9.70. The third-order valence-corrected chi connectivity index (χ3v) is 3.15. The van der Waals surface area contributed by atoms with Crippen LogP contribution >= 0.6 is 0 Å². The van der Waals surface area contributed by atoms with Crippen LogP contribution in [0.15, 0.2) is 53.5 Å². The van der Waals surface area contributed by atoms with Crippen LogP contribution in [0.3, 0.4) is 0 Å². The molecule has 0 radical (unpaired) electrons. The van der Waals surface area contributed by atoms with Gasteiger partial charge in [-0.3, -0.25) is 4.79 Å². The summed E-state index contributed by atoms with van der Waals surface area (Å²) in [4.78, 5) is 11.5. The Bertz CT molecular complexity index is 589. The van der Waals surface area contributed by atoms with E-state index in [1.54, 1.807) is 16.8 Å². The molecule has 0 aliphatic rings. The number of ether oxygens (including phenoxy) is 1. The van der Waals surface area contributed by atoms with Gasteiger partial charge in [0.05, 0.1) is 12.6 Å². The fourth-order valence-corrected chi connectivity index (χ4v) is 1.93. The summed E-state index contributed by atoms with van der Waals surface area (Å²) in [5, 5.41) is 9.70. The first-order valence-electron chi connectivity index (χ1n) is 6.77. The van der Waals surface area contributed by atoms with E-state index in [1.807, 2.05) is 37.3 Å². The molecule has 4 nitrogen and oxygen atoms in total. The summed E-state index contributed by atoms with van der Waals surface area (Å²) >= 11 is 0. The van der Waals surface area contributed by atoms with Crippen LogP contribution in [0.1, 0.15) is 25.0 Å². The summed E-state index contributed by atoms with van der Waals surface area (Å²) in [6, 6.07) is 12.5. The highest BCUT2D eigenvalue weighted by Gasteiger charge is 2.04. The van der Waals surface area contributed by atoms with Crippen molar-refractivity contribution in [3.63, 3.8) is 0 Å². The van der Waals surface area contributed by atoms with Gasteiger partial charge in [-0.25, -0.2) is 0 Å². The van der Waals surface area contributed by atoms with Crippen LogP contribution in [0.2, 0.25) is 0 Å². The number of aliphatic hydroxyl groups excluding tert-OH is 1. The van der Waals surface area contributed by atoms with Gasteiger partial charge in [0, 0.05) is 12.3 Å². The van der Waals surface area contributed by atoms with Gasteiger partial charge in [-0.1, -0.05) is 25.1 Å². The van der Waals surface area contributed by atoms with Crippen molar-refractivity contribution in [3.8, 4) is 5.75 Å². The Morgan fingerprint density at radius 2 is 1.95 bits per heavy atom. The van der Waals surface area contributed by atoms with Gasteiger partial charge < -0.3 is 14.4 Å². The van der Waals surface area contributed by atoms with Gasteiger partial charge in [-0.05, 0) is 30.2 Å². The van der Waals surface area contributed by atoms with Crippen LogP contribution in [0.5, 0.6) is 5.75 Å². The lowest BCUT2D eigenvalue weighted by Gasteiger charge is -2.10. The van der Waals surface area contributed by atoms with Crippen LogP contribution in [0.4, 0.5) is 0 Å². The van der Waals surface area contributed by atoms with Gasteiger partial charge >= 0.3 is 0 Å². The quantitative estimate of drug-likeness (QED) is 0.879. The molecule has 0 spiro atoms. The van der Waals surface area contributed by atoms with Gasteiger partial charge in [0.25, 0.3) is 5.56 Å². The molecule has 20 heavy (non-hydrogen) atoms. The fraction of sp³-hybridized carbons (Fsp3) is 0.312. The van der Waals surface area contributed by atoms with Crippen LogP contribution in [-0.4, -0.2) is 16.3 Å². The molecule has 1 heterocycles. The van der Waals surface area contributed by atoms with Gasteiger partial charge in [0.1, 0.15) is 12.4 Å². The average molecular weight is 273 g/mol. The number of nitrogens with zero attached hydrogens (tertiary/aromatic N) is 1. The molecule has 4 heteroatoms. The molecule has 106 valence electrons. The zero-order valence-electron chi connectivity index (χ0n) is 11.5. The van der Waals surface area contributed by atoms with E-state index in [0.717, 1.165) is 11.3 Å². The zero-order valence-corrected chi connectivity index (χ0v) is 11.5. The molecule has 1 N–H and O–H groups in total. The lowest BCUT2D eigenvalue weighted by Crippen LogP contribution is -2.21. The largest absolute Gasteiger partial charge is 0.492 e. The summed E-state index contributed by atoms with van der Waals surface area (Å²) in [7, 11) is 0. The maximum Gasteiger partial charge on any atom is 0.250 e. The molecule has 1 aromatic carbocycles. The number of pyridine rings is 1. The van der Waals surface area contributed by atoms with E-state index in [0.29, 0.717) is 19.6 Å². The Hall–Kier alpha value is -2.07.